The molecule has 0 spiro atoms. The number of nitrogens with two attached hydrogens (primary N) is 1. The fourth-order valence-electron chi connectivity index (χ4n) is 2.28. The van der Waals surface area contributed by atoms with Crippen LogP contribution in [-0.4, -0.2) is 12.5 Å². The second-order valence-electron chi connectivity index (χ2n) is 5.01. The number of anilines is 1. The van der Waals surface area contributed by atoms with E-state index in [-0.39, 0.29) is 5.91 Å². The highest BCUT2D eigenvalue weighted by Gasteiger charge is 2.20. The Morgan fingerprint density at radius 1 is 1.47 bits per heavy atom. The summed E-state index contributed by atoms with van der Waals surface area (Å²) in [6, 6.07) is 5.62. The minimum absolute atomic E-state index is 0.0943. The SMILES string of the molecule is CCOc1ccc(NC(=O)CC2CCC2)cc1CN. The molecule has 1 aliphatic rings. The van der Waals surface area contributed by atoms with Gasteiger partial charge in [0.2, 0.25) is 5.91 Å². The fraction of sp³-hybridized carbons (Fsp3) is 0.533. The summed E-state index contributed by atoms with van der Waals surface area (Å²) in [6.07, 6.45) is 4.26. The summed E-state index contributed by atoms with van der Waals surface area (Å²) in [7, 11) is 0. The first-order chi connectivity index (χ1) is 9.22. The minimum Gasteiger partial charge on any atom is -0.494 e. The summed E-state index contributed by atoms with van der Waals surface area (Å²) in [5.41, 5.74) is 7.42. The van der Waals surface area contributed by atoms with E-state index in [0.29, 0.717) is 25.5 Å². The van der Waals surface area contributed by atoms with E-state index in [4.69, 9.17) is 10.5 Å². The van der Waals surface area contributed by atoms with E-state index < -0.39 is 0 Å². The van der Waals surface area contributed by atoms with Gasteiger partial charge in [0.15, 0.2) is 0 Å². The van der Waals surface area contributed by atoms with Gasteiger partial charge in [-0.3, -0.25) is 4.79 Å². The molecule has 19 heavy (non-hydrogen) atoms. The van der Waals surface area contributed by atoms with Gasteiger partial charge in [-0.2, -0.15) is 0 Å². The van der Waals surface area contributed by atoms with Crippen molar-refractivity contribution in [3.63, 3.8) is 0 Å². The van der Waals surface area contributed by atoms with Gasteiger partial charge in [0, 0.05) is 24.2 Å². The van der Waals surface area contributed by atoms with Crippen molar-refractivity contribution in [2.24, 2.45) is 11.7 Å². The quantitative estimate of drug-likeness (QED) is 0.828. The van der Waals surface area contributed by atoms with Crippen molar-refractivity contribution in [1.29, 1.82) is 0 Å². The molecule has 2 rings (SSSR count). The van der Waals surface area contributed by atoms with Crippen LogP contribution in [-0.2, 0) is 11.3 Å². The topological polar surface area (TPSA) is 64.3 Å². The van der Waals surface area contributed by atoms with Crippen molar-refractivity contribution in [1.82, 2.24) is 0 Å². The van der Waals surface area contributed by atoms with Crippen molar-refractivity contribution in [3.05, 3.63) is 23.8 Å². The third-order valence-electron chi connectivity index (χ3n) is 3.56. The molecule has 0 unspecified atom stereocenters. The van der Waals surface area contributed by atoms with Gasteiger partial charge in [-0.25, -0.2) is 0 Å². The first-order valence-corrected chi connectivity index (χ1v) is 6.98. The van der Waals surface area contributed by atoms with Gasteiger partial charge in [0.1, 0.15) is 5.75 Å². The van der Waals surface area contributed by atoms with Crippen LogP contribution in [0.25, 0.3) is 0 Å². The Labute approximate surface area is 114 Å². The highest BCUT2D eigenvalue weighted by Crippen LogP contribution is 2.30. The van der Waals surface area contributed by atoms with Crippen LogP contribution in [0.1, 0.15) is 38.2 Å². The van der Waals surface area contributed by atoms with Crippen LogP contribution in [0.5, 0.6) is 5.75 Å². The first-order valence-electron chi connectivity index (χ1n) is 6.98. The van der Waals surface area contributed by atoms with Crippen molar-refractivity contribution >= 4 is 11.6 Å². The Kier molecular flexibility index (Phi) is 4.80. The molecule has 0 aromatic heterocycles. The summed E-state index contributed by atoms with van der Waals surface area (Å²) in [5, 5.41) is 2.94. The van der Waals surface area contributed by atoms with Crippen LogP contribution in [0.15, 0.2) is 18.2 Å². The maximum atomic E-state index is 11.9. The zero-order valence-corrected chi connectivity index (χ0v) is 11.4. The fourth-order valence-corrected chi connectivity index (χ4v) is 2.28. The van der Waals surface area contributed by atoms with Gasteiger partial charge in [-0.05, 0) is 43.9 Å². The van der Waals surface area contributed by atoms with E-state index in [0.717, 1.165) is 17.0 Å². The van der Waals surface area contributed by atoms with Gasteiger partial charge >= 0.3 is 0 Å². The van der Waals surface area contributed by atoms with Crippen LogP contribution < -0.4 is 15.8 Å². The smallest absolute Gasteiger partial charge is 0.224 e. The summed E-state index contributed by atoms with van der Waals surface area (Å²) in [6.45, 7) is 2.96. The molecule has 1 saturated carbocycles. The van der Waals surface area contributed by atoms with Gasteiger partial charge in [-0.1, -0.05) is 6.42 Å². The van der Waals surface area contributed by atoms with Crippen LogP contribution in [0, 0.1) is 5.92 Å². The van der Waals surface area contributed by atoms with Gasteiger partial charge in [0.25, 0.3) is 0 Å². The number of benzene rings is 1. The molecular weight excluding hydrogens is 240 g/mol. The molecule has 1 aliphatic carbocycles. The largest absolute Gasteiger partial charge is 0.494 e. The second kappa shape index (κ2) is 6.57. The lowest BCUT2D eigenvalue weighted by Crippen LogP contribution is -2.21. The molecule has 1 fully saturated rings. The number of hydrogen-bond donors (Lipinski definition) is 2. The van der Waals surface area contributed by atoms with Crippen LogP contribution in [0.3, 0.4) is 0 Å². The number of nitrogens with one attached hydrogen (secondary N) is 1. The van der Waals surface area contributed by atoms with Crippen molar-refractivity contribution in [3.8, 4) is 5.75 Å². The standard InChI is InChI=1S/C15H22N2O2/c1-2-19-14-7-6-13(9-12(14)10-16)17-15(18)8-11-4-3-5-11/h6-7,9,11H,2-5,8,10,16H2,1H3,(H,17,18). The maximum absolute atomic E-state index is 11.9. The number of carbonyl (C=O) groups excluding carboxylic acids is 1. The third kappa shape index (κ3) is 3.70. The molecule has 0 atom stereocenters. The van der Waals surface area contributed by atoms with E-state index >= 15 is 0 Å². The number of amides is 1. The molecule has 4 nitrogen and oxygen atoms in total. The average molecular weight is 262 g/mol. The predicted molar refractivity (Wildman–Crippen MR) is 76.1 cm³/mol. The number of hydrogen-bond acceptors (Lipinski definition) is 3. The van der Waals surface area contributed by atoms with Crippen molar-refractivity contribution < 1.29 is 9.53 Å². The van der Waals surface area contributed by atoms with E-state index in [1.807, 2.05) is 25.1 Å². The summed E-state index contributed by atoms with van der Waals surface area (Å²) >= 11 is 0. The Morgan fingerprint density at radius 3 is 2.84 bits per heavy atom. The van der Waals surface area contributed by atoms with E-state index in [9.17, 15) is 4.79 Å². The monoisotopic (exact) mass is 262 g/mol. The van der Waals surface area contributed by atoms with E-state index in [1.165, 1.54) is 19.3 Å². The zero-order valence-electron chi connectivity index (χ0n) is 11.4. The normalized spacial score (nSPS) is 14.8. The first kappa shape index (κ1) is 13.9. The Morgan fingerprint density at radius 2 is 2.26 bits per heavy atom. The molecule has 1 aromatic carbocycles. The summed E-state index contributed by atoms with van der Waals surface area (Å²) in [5.74, 6) is 1.47. The predicted octanol–water partition coefficient (Wildman–Crippen LogP) is 2.67. The number of carbonyl (C=O) groups is 1. The number of rotatable bonds is 6. The molecule has 0 saturated heterocycles. The van der Waals surface area contributed by atoms with Gasteiger partial charge in [-0.15, -0.1) is 0 Å². The molecule has 0 radical (unpaired) electrons. The molecule has 104 valence electrons. The lowest BCUT2D eigenvalue weighted by molar-refractivity contribution is -0.117. The maximum Gasteiger partial charge on any atom is 0.224 e. The molecule has 3 N–H and O–H groups in total. The Bertz CT molecular complexity index is 442. The molecule has 1 amide bonds. The summed E-state index contributed by atoms with van der Waals surface area (Å²) in [4.78, 5) is 11.9. The second-order valence-corrected chi connectivity index (χ2v) is 5.01. The van der Waals surface area contributed by atoms with Crippen molar-refractivity contribution in [2.75, 3.05) is 11.9 Å². The molecular formula is C15H22N2O2. The zero-order chi connectivity index (χ0) is 13.7. The highest BCUT2D eigenvalue weighted by atomic mass is 16.5. The van der Waals surface area contributed by atoms with Crippen LogP contribution >= 0.6 is 0 Å². The van der Waals surface area contributed by atoms with Gasteiger partial charge in [0.05, 0.1) is 6.61 Å². The third-order valence-corrected chi connectivity index (χ3v) is 3.56. The Hall–Kier alpha value is -1.55. The number of ether oxygens (including phenoxy) is 1. The molecule has 0 heterocycles. The minimum atomic E-state index is 0.0943. The lowest BCUT2D eigenvalue weighted by Gasteiger charge is -2.24. The van der Waals surface area contributed by atoms with Crippen LogP contribution in [0.2, 0.25) is 0 Å². The molecule has 1 aromatic rings. The highest BCUT2D eigenvalue weighted by molar-refractivity contribution is 5.91. The lowest BCUT2D eigenvalue weighted by atomic mass is 9.83. The van der Waals surface area contributed by atoms with E-state index in [1.54, 1.807) is 0 Å². The van der Waals surface area contributed by atoms with Gasteiger partial charge < -0.3 is 15.8 Å². The average Bonchev–Trinajstić information content (AvgIpc) is 2.36. The van der Waals surface area contributed by atoms with Crippen LogP contribution in [0.4, 0.5) is 5.69 Å². The molecule has 4 heteroatoms. The summed E-state index contributed by atoms with van der Waals surface area (Å²) < 4.78 is 5.49. The molecule has 0 bridgehead atoms. The van der Waals surface area contributed by atoms with Crippen molar-refractivity contribution in [2.45, 2.75) is 39.2 Å². The molecule has 0 aliphatic heterocycles. The van der Waals surface area contributed by atoms with E-state index in [2.05, 4.69) is 5.32 Å². The Balaban J connectivity index is 1.97.